The average Bonchev–Trinajstić information content (AvgIpc) is 2.82. The number of thiophene rings is 1. The molecule has 2 aromatic rings. The van der Waals surface area contributed by atoms with E-state index in [4.69, 9.17) is 0 Å². The highest BCUT2D eigenvalue weighted by Gasteiger charge is 2.13. The molecule has 1 atom stereocenters. The first kappa shape index (κ1) is 12.3. The van der Waals surface area contributed by atoms with Gasteiger partial charge in [-0.2, -0.15) is 0 Å². The fourth-order valence-electron chi connectivity index (χ4n) is 1.53. The molecule has 1 amide bonds. The number of nitrogens with one attached hydrogen (secondary N) is 1. The van der Waals surface area contributed by atoms with Crippen LogP contribution >= 0.6 is 27.3 Å². The SMILES string of the molecule is C[C@H](NC(=O)c1ccccc1Br)c1cccs1. The lowest BCUT2D eigenvalue weighted by atomic mass is 10.2. The molecule has 0 bridgehead atoms. The molecule has 2 rings (SSSR count). The number of hydrogen-bond acceptors (Lipinski definition) is 2. The third kappa shape index (κ3) is 2.96. The Bertz CT molecular complexity index is 510. The van der Waals surface area contributed by atoms with Gasteiger partial charge in [0, 0.05) is 9.35 Å². The van der Waals surface area contributed by atoms with Crippen LogP contribution in [0.3, 0.4) is 0 Å². The van der Waals surface area contributed by atoms with Gasteiger partial charge in [-0.05, 0) is 46.4 Å². The van der Waals surface area contributed by atoms with Crippen LogP contribution in [0.2, 0.25) is 0 Å². The van der Waals surface area contributed by atoms with E-state index in [0.717, 1.165) is 9.35 Å². The number of carbonyl (C=O) groups is 1. The third-order valence-corrected chi connectivity index (χ3v) is 4.18. The lowest BCUT2D eigenvalue weighted by molar-refractivity contribution is 0.0939. The number of benzene rings is 1. The second kappa shape index (κ2) is 5.47. The molecule has 0 saturated carbocycles. The molecule has 0 spiro atoms. The third-order valence-electron chi connectivity index (χ3n) is 2.44. The van der Waals surface area contributed by atoms with E-state index in [1.165, 1.54) is 0 Å². The number of rotatable bonds is 3. The Labute approximate surface area is 113 Å². The molecule has 1 aromatic carbocycles. The summed E-state index contributed by atoms with van der Waals surface area (Å²) in [4.78, 5) is 13.2. The van der Waals surface area contributed by atoms with Crippen molar-refractivity contribution in [2.75, 3.05) is 0 Å². The van der Waals surface area contributed by atoms with E-state index in [-0.39, 0.29) is 11.9 Å². The maximum atomic E-state index is 12.0. The molecule has 0 aliphatic rings. The van der Waals surface area contributed by atoms with Gasteiger partial charge >= 0.3 is 0 Å². The van der Waals surface area contributed by atoms with Crippen LogP contribution in [0.25, 0.3) is 0 Å². The van der Waals surface area contributed by atoms with E-state index in [1.54, 1.807) is 17.4 Å². The van der Waals surface area contributed by atoms with Crippen molar-refractivity contribution in [3.63, 3.8) is 0 Å². The summed E-state index contributed by atoms with van der Waals surface area (Å²) in [6.07, 6.45) is 0. The quantitative estimate of drug-likeness (QED) is 0.912. The minimum Gasteiger partial charge on any atom is -0.345 e. The van der Waals surface area contributed by atoms with Crippen molar-refractivity contribution >= 4 is 33.2 Å². The highest BCUT2D eigenvalue weighted by molar-refractivity contribution is 9.10. The molecule has 0 aliphatic heterocycles. The van der Waals surface area contributed by atoms with Gasteiger partial charge in [-0.25, -0.2) is 0 Å². The fourth-order valence-corrected chi connectivity index (χ4v) is 2.73. The molecule has 2 nitrogen and oxygen atoms in total. The van der Waals surface area contributed by atoms with E-state index in [1.807, 2.05) is 42.6 Å². The van der Waals surface area contributed by atoms with Gasteiger partial charge in [-0.3, -0.25) is 4.79 Å². The van der Waals surface area contributed by atoms with E-state index in [0.29, 0.717) is 5.56 Å². The molecule has 17 heavy (non-hydrogen) atoms. The normalized spacial score (nSPS) is 12.1. The van der Waals surface area contributed by atoms with Gasteiger partial charge in [0.15, 0.2) is 0 Å². The highest BCUT2D eigenvalue weighted by Crippen LogP contribution is 2.20. The van der Waals surface area contributed by atoms with Crippen LogP contribution < -0.4 is 5.32 Å². The summed E-state index contributed by atoms with van der Waals surface area (Å²) in [5.74, 6) is -0.0571. The first-order valence-electron chi connectivity index (χ1n) is 5.27. The lowest BCUT2D eigenvalue weighted by Gasteiger charge is -2.12. The Morgan fingerprint density at radius 3 is 2.71 bits per heavy atom. The maximum absolute atomic E-state index is 12.0. The Morgan fingerprint density at radius 1 is 1.29 bits per heavy atom. The summed E-state index contributed by atoms with van der Waals surface area (Å²) in [7, 11) is 0. The fraction of sp³-hybridized carbons (Fsp3) is 0.154. The van der Waals surface area contributed by atoms with Gasteiger partial charge in [0.1, 0.15) is 0 Å². The van der Waals surface area contributed by atoms with E-state index in [9.17, 15) is 4.79 Å². The zero-order valence-corrected chi connectivity index (χ0v) is 11.7. The molecule has 1 N–H and O–H groups in total. The summed E-state index contributed by atoms with van der Waals surface area (Å²) in [5.41, 5.74) is 0.663. The van der Waals surface area contributed by atoms with Crippen LogP contribution in [0.5, 0.6) is 0 Å². The van der Waals surface area contributed by atoms with Gasteiger partial charge in [0.05, 0.1) is 11.6 Å². The minimum absolute atomic E-state index is 0.0367. The summed E-state index contributed by atoms with van der Waals surface area (Å²) in [6.45, 7) is 1.99. The lowest BCUT2D eigenvalue weighted by Crippen LogP contribution is -2.26. The van der Waals surface area contributed by atoms with Crippen molar-refractivity contribution in [1.82, 2.24) is 5.32 Å². The molecular formula is C13H12BrNOS. The van der Waals surface area contributed by atoms with Crippen molar-refractivity contribution in [1.29, 1.82) is 0 Å². The van der Waals surface area contributed by atoms with E-state index < -0.39 is 0 Å². The Kier molecular flexibility index (Phi) is 3.97. The predicted octanol–water partition coefficient (Wildman–Crippen LogP) is 4.00. The predicted molar refractivity (Wildman–Crippen MR) is 74.3 cm³/mol. The molecule has 0 saturated heterocycles. The Hall–Kier alpha value is -1.13. The number of halogens is 1. The first-order valence-corrected chi connectivity index (χ1v) is 6.94. The second-order valence-electron chi connectivity index (χ2n) is 3.69. The molecule has 1 heterocycles. The van der Waals surface area contributed by atoms with Crippen LogP contribution in [-0.2, 0) is 0 Å². The number of carbonyl (C=O) groups excluding carboxylic acids is 1. The van der Waals surface area contributed by atoms with Crippen molar-refractivity contribution < 1.29 is 4.79 Å². The highest BCUT2D eigenvalue weighted by atomic mass is 79.9. The minimum atomic E-state index is -0.0571. The molecule has 1 aromatic heterocycles. The second-order valence-corrected chi connectivity index (χ2v) is 5.52. The van der Waals surface area contributed by atoms with Crippen molar-refractivity contribution in [2.45, 2.75) is 13.0 Å². The molecule has 0 unspecified atom stereocenters. The average molecular weight is 310 g/mol. The molecule has 88 valence electrons. The molecular weight excluding hydrogens is 298 g/mol. The van der Waals surface area contributed by atoms with E-state index >= 15 is 0 Å². The summed E-state index contributed by atoms with van der Waals surface area (Å²) in [6, 6.07) is 11.5. The molecule has 0 aliphatic carbocycles. The Balaban J connectivity index is 2.10. The topological polar surface area (TPSA) is 29.1 Å². The van der Waals surface area contributed by atoms with Gasteiger partial charge in [-0.15, -0.1) is 11.3 Å². The molecule has 0 fully saturated rings. The summed E-state index contributed by atoms with van der Waals surface area (Å²) >= 11 is 5.02. The zero-order chi connectivity index (χ0) is 12.3. The summed E-state index contributed by atoms with van der Waals surface area (Å²) < 4.78 is 0.816. The maximum Gasteiger partial charge on any atom is 0.252 e. The smallest absolute Gasteiger partial charge is 0.252 e. The van der Waals surface area contributed by atoms with Crippen molar-refractivity contribution in [3.05, 3.63) is 56.7 Å². The van der Waals surface area contributed by atoms with Crippen molar-refractivity contribution in [3.8, 4) is 0 Å². The molecule has 0 radical (unpaired) electrons. The van der Waals surface area contributed by atoms with Crippen LogP contribution in [-0.4, -0.2) is 5.91 Å². The zero-order valence-electron chi connectivity index (χ0n) is 9.31. The van der Waals surface area contributed by atoms with Gasteiger partial charge in [0.25, 0.3) is 5.91 Å². The van der Waals surface area contributed by atoms with Crippen LogP contribution in [0.4, 0.5) is 0 Å². The van der Waals surface area contributed by atoms with Crippen molar-refractivity contribution in [2.24, 2.45) is 0 Å². The van der Waals surface area contributed by atoms with E-state index in [2.05, 4.69) is 21.2 Å². The van der Waals surface area contributed by atoms with Crippen LogP contribution in [0, 0.1) is 0 Å². The van der Waals surface area contributed by atoms with Crippen LogP contribution in [0.1, 0.15) is 28.2 Å². The monoisotopic (exact) mass is 309 g/mol. The molecule has 4 heteroatoms. The number of amides is 1. The van der Waals surface area contributed by atoms with Gasteiger partial charge in [0.2, 0.25) is 0 Å². The largest absolute Gasteiger partial charge is 0.345 e. The number of hydrogen-bond donors (Lipinski definition) is 1. The summed E-state index contributed by atoms with van der Waals surface area (Å²) in [5, 5.41) is 4.99. The standard InChI is InChI=1S/C13H12BrNOS/c1-9(12-7-4-8-17-12)15-13(16)10-5-2-3-6-11(10)14/h2-9H,1H3,(H,15,16)/t9-/m0/s1. The van der Waals surface area contributed by atoms with Crippen LogP contribution in [0.15, 0.2) is 46.3 Å². The van der Waals surface area contributed by atoms with Gasteiger partial charge in [-0.1, -0.05) is 18.2 Å². The first-order chi connectivity index (χ1) is 8.18. The Morgan fingerprint density at radius 2 is 2.06 bits per heavy atom. The van der Waals surface area contributed by atoms with Gasteiger partial charge < -0.3 is 5.32 Å².